The van der Waals surface area contributed by atoms with E-state index < -0.39 is 0 Å². The van der Waals surface area contributed by atoms with Gasteiger partial charge in [0.05, 0.1) is 0 Å². The maximum atomic E-state index is 3.39. The lowest BCUT2D eigenvalue weighted by Crippen LogP contribution is -2.47. The molecule has 0 atom stereocenters. The zero-order valence-corrected chi connectivity index (χ0v) is 10.7. The van der Waals surface area contributed by atoms with E-state index in [4.69, 9.17) is 0 Å². The minimum absolute atomic E-state index is 0.968. The van der Waals surface area contributed by atoms with E-state index in [1.54, 1.807) is 0 Å². The summed E-state index contributed by atoms with van der Waals surface area (Å²) < 4.78 is 0. The summed E-state index contributed by atoms with van der Waals surface area (Å²) >= 11 is 0. The molecule has 2 fully saturated rings. The second-order valence-electron chi connectivity index (χ2n) is 5.17. The molecule has 0 amide bonds. The third kappa shape index (κ3) is 4.04. The predicted octanol–water partition coefficient (Wildman–Crippen LogP) is 1.16. The Morgan fingerprint density at radius 1 is 1.06 bits per heavy atom. The number of hydrogen-bond acceptors (Lipinski definition) is 3. The van der Waals surface area contributed by atoms with Crippen LogP contribution in [0.2, 0.25) is 0 Å². The first kappa shape index (κ1) is 12.3. The molecule has 94 valence electrons. The standard InChI is InChI=1S/C13H27N3/c1-2-14-7-3-4-8-15-9-11-16(12-10-15)13-5-6-13/h13-14H,2-12H2,1H3. The number of nitrogens with one attached hydrogen (secondary N) is 1. The second kappa shape index (κ2) is 6.58. The predicted molar refractivity (Wildman–Crippen MR) is 68.8 cm³/mol. The highest BCUT2D eigenvalue weighted by molar-refractivity contribution is 4.87. The molecule has 1 saturated heterocycles. The smallest absolute Gasteiger partial charge is 0.0113 e. The molecule has 1 aliphatic carbocycles. The van der Waals surface area contributed by atoms with E-state index in [9.17, 15) is 0 Å². The van der Waals surface area contributed by atoms with Crippen molar-refractivity contribution >= 4 is 0 Å². The fourth-order valence-electron chi connectivity index (χ4n) is 2.55. The Bertz CT molecular complexity index is 184. The van der Waals surface area contributed by atoms with Crippen molar-refractivity contribution in [3.63, 3.8) is 0 Å². The fraction of sp³-hybridized carbons (Fsp3) is 1.00. The van der Waals surface area contributed by atoms with Crippen LogP contribution in [0.4, 0.5) is 0 Å². The Balaban J connectivity index is 1.48. The number of rotatable bonds is 7. The summed E-state index contributed by atoms with van der Waals surface area (Å²) in [4.78, 5) is 5.33. The molecule has 1 saturated carbocycles. The number of nitrogens with zero attached hydrogens (tertiary/aromatic N) is 2. The summed E-state index contributed by atoms with van der Waals surface area (Å²) in [5.41, 5.74) is 0. The molecule has 0 unspecified atom stereocenters. The second-order valence-corrected chi connectivity index (χ2v) is 5.17. The van der Waals surface area contributed by atoms with Gasteiger partial charge < -0.3 is 10.2 Å². The minimum atomic E-state index is 0.968. The molecule has 3 heteroatoms. The topological polar surface area (TPSA) is 18.5 Å². The van der Waals surface area contributed by atoms with Gasteiger partial charge >= 0.3 is 0 Å². The van der Waals surface area contributed by atoms with Crippen LogP contribution < -0.4 is 5.32 Å². The van der Waals surface area contributed by atoms with Crippen molar-refractivity contribution in [1.29, 1.82) is 0 Å². The van der Waals surface area contributed by atoms with Crippen LogP contribution in [0.3, 0.4) is 0 Å². The van der Waals surface area contributed by atoms with Crippen LogP contribution in [0.5, 0.6) is 0 Å². The molecule has 1 heterocycles. The average Bonchev–Trinajstić information content (AvgIpc) is 3.14. The molecule has 0 spiro atoms. The Hall–Kier alpha value is -0.120. The summed E-state index contributed by atoms with van der Waals surface area (Å²) in [6.45, 7) is 11.0. The Kier molecular flexibility index (Phi) is 5.07. The first-order valence-corrected chi connectivity index (χ1v) is 7.07. The Morgan fingerprint density at radius 2 is 1.81 bits per heavy atom. The van der Waals surface area contributed by atoms with E-state index >= 15 is 0 Å². The minimum Gasteiger partial charge on any atom is -0.317 e. The van der Waals surface area contributed by atoms with Gasteiger partial charge in [0.15, 0.2) is 0 Å². The number of piperazine rings is 1. The van der Waals surface area contributed by atoms with E-state index in [1.165, 1.54) is 65.0 Å². The van der Waals surface area contributed by atoms with Gasteiger partial charge in [-0.3, -0.25) is 4.90 Å². The van der Waals surface area contributed by atoms with Crippen molar-refractivity contribution in [2.45, 2.75) is 38.6 Å². The molecule has 2 aliphatic rings. The van der Waals surface area contributed by atoms with Gasteiger partial charge in [-0.15, -0.1) is 0 Å². The van der Waals surface area contributed by atoms with Crippen LogP contribution >= 0.6 is 0 Å². The first-order valence-electron chi connectivity index (χ1n) is 7.07. The van der Waals surface area contributed by atoms with Crippen molar-refractivity contribution in [3.8, 4) is 0 Å². The van der Waals surface area contributed by atoms with Gasteiger partial charge in [0, 0.05) is 32.2 Å². The van der Waals surface area contributed by atoms with E-state index in [1.807, 2.05) is 0 Å². The molecule has 0 aromatic heterocycles. The molecule has 16 heavy (non-hydrogen) atoms. The van der Waals surface area contributed by atoms with Crippen LogP contribution in [0.25, 0.3) is 0 Å². The van der Waals surface area contributed by atoms with Crippen molar-refractivity contribution in [1.82, 2.24) is 15.1 Å². The highest BCUT2D eigenvalue weighted by atomic mass is 15.3. The van der Waals surface area contributed by atoms with Crippen LogP contribution in [0.15, 0.2) is 0 Å². The highest BCUT2D eigenvalue weighted by Gasteiger charge is 2.30. The van der Waals surface area contributed by atoms with E-state index in [0.29, 0.717) is 0 Å². The molecule has 1 N–H and O–H groups in total. The van der Waals surface area contributed by atoms with Gasteiger partial charge in [0.2, 0.25) is 0 Å². The van der Waals surface area contributed by atoms with Crippen LogP contribution in [0, 0.1) is 0 Å². The van der Waals surface area contributed by atoms with Gasteiger partial charge in [-0.1, -0.05) is 6.92 Å². The molecule has 1 aliphatic heterocycles. The molecular formula is C13H27N3. The van der Waals surface area contributed by atoms with Crippen molar-refractivity contribution in [3.05, 3.63) is 0 Å². The van der Waals surface area contributed by atoms with Crippen LogP contribution in [-0.4, -0.2) is 61.7 Å². The van der Waals surface area contributed by atoms with Gasteiger partial charge in [0.1, 0.15) is 0 Å². The summed E-state index contributed by atoms with van der Waals surface area (Å²) in [6.07, 6.45) is 5.61. The van der Waals surface area contributed by atoms with Crippen LogP contribution in [-0.2, 0) is 0 Å². The maximum absolute atomic E-state index is 3.39. The fourth-order valence-corrected chi connectivity index (χ4v) is 2.55. The monoisotopic (exact) mass is 225 g/mol. The molecule has 2 rings (SSSR count). The van der Waals surface area contributed by atoms with E-state index in [0.717, 1.165) is 12.6 Å². The number of unbranched alkanes of at least 4 members (excludes halogenated alkanes) is 1. The lowest BCUT2D eigenvalue weighted by molar-refractivity contribution is 0.125. The third-order valence-electron chi connectivity index (χ3n) is 3.80. The molecular weight excluding hydrogens is 198 g/mol. The van der Waals surface area contributed by atoms with E-state index in [2.05, 4.69) is 22.0 Å². The molecule has 0 aromatic rings. The summed E-state index contributed by atoms with van der Waals surface area (Å²) in [5, 5.41) is 3.39. The average molecular weight is 225 g/mol. The Morgan fingerprint density at radius 3 is 2.44 bits per heavy atom. The quantitative estimate of drug-likeness (QED) is 0.656. The normalized spacial score (nSPS) is 23.8. The molecule has 0 bridgehead atoms. The molecule has 0 aromatic carbocycles. The summed E-state index contributed by atoms with van der Waals surface area (Å²) in [6, 6.07) is 0.968. The zero-order valence-electron chi connectivity index (χ0n) is 10.7. The van der Waals surface area contributed by atoms with Crippen LogP contribution in [0.1, 0.15) is 32.6 Å². The first-order chi connectivity index (χ1) is 7.90. The zero-order chi connectivity index (χ0) is 11.2. The Labute approximate surface area is 100 Å². The third-order valence-corrected chi connectivity index (χ3v) is 3.80. The van der Waals surface area contributed by atoms with E-state index in [-0.39, 0.29) is 0 Å². The molecule has 3 nitrogen and oxygen atoms in total. The highest BCUT2D eigenvalue weighted by Crippen LogP contribution is 2.27. The lowest BCUT2D eigenvalue weighted by atomic mass is 10.2. The lowest BCUT2D eigenvalue weighted by Gasteiger charge is -2.34. The summed E-state index contributed by atoms with van der Waals surface area (Å²) in [5.74, 6) is 0. The summed E-state index contributed by atoms with van der Waals surface area (Å²) in [7, 11) is 0. The molecule has 0 radical (unpaired) electrons. The SMILES string of the molecule is CCNCCCCN1CCN(C2CC2)CC1. The van der Waals surface area contributed by atoms with Gasteiger partial charge in [-0.2, -0.15) is 0 Å². The maximum Gasteiger partial charge on any atom is 0.0113 e. The van der Waals surface area contributed by atoms with Gasteiger partial charge in [-0.05, 0) is 45.3 Å². The van der Waals surface area contributed by atoms with Crippen molar-refractivity contribution < 1.29 is 0 Å². The van der Waals surface area contributed by atoms with Gasteiger partial charge in [0.25, 0.3) is 0 Å². The number of hydrogen-bond donors (Lipinski definition) is 1. The van der Waals surface area contributed by atoms with Crippen molar-refractivity contribution in [2.24, 2.45) is 0 Å². The van der Waals surface area contributed by atoms with Crippen molar-refractivity contribution in [2.75, 3.05) is 45.8 Å². The van der Waals surface area contributed by atoms with Gasteiger partial charge in [-0.25, -0.2) is 0 Å². The largest absolute Gasteiger partial charge is 0.317 e.